The van der Waals surface area contributed by atoms with E-state index in [4.69, 9.17) is 14.6 Å². The van der Waals surface area contributed by atoms with E-state index in [1.54, 1.807) is 6.07 Å². The van der Waals surface area contributed by atoms with Crippen LogP contribution in [0.1, 0.15) is 27.4 Å². The van der Waals surface area contributed by atoms with Gasteiger partial charge in [0.25, 0.3) is 0 Å². The summed E-state index contributed by atoms with van der Waals surface area (Å²) < 4.78 is 5.13. The first-order chi connectivity index (χ1) is 9.19. The summed E-state index contributed by atoms with van der Waals surface area (Å²) in [5.74, 6) is -0.545. The zero-order valence-corrected chi connectivity index (χ0v) is 10.3. The standard InChI is InChI=1S/C14H15NO4/c16-9-11-3-1-2-10(6-11)7-15-8-12-4-5-13(19-12)14(17)18/h1-6,15-16H,7-9H2,(H,17,18). The minimum Gasteiger partial charge on any atom is -0.475 e. The smallest absolute Gasteiger partial charge is 0.371 e. The molecule has 0 aliphatic heterocycles. The Kier molecular flexibility index (Phi) is 4.33. The van der Waals surface area contributed by atoms with Crippen molar-refractivity contribution in [2.75, 3.05) is 0 Å². The molecule has 3 N–H and O–H groups in total. The molecule has 0 amide bonds. The number of furan rings is 1. The molecule has 1 aromatic carbocycles. The molecule has 2 rings (SSSR count). The van der Waals surface area contributed by atoms with Crippen molar-refractivity contribution in [3.63, 3.8) is 0 Å². The molecule has 1 heterocycles. The summed E-state index contributed by atoms with van der Waals surface area (Å²) in [4.78, 5) is 10.6. The van der Waals surface area contributed by atoms with E-state index in [0.717, 1.165) is 11.1 Å². The number of carboxylic acid groups (broad SMARTS) is 1. The van der Waals surface area contributed by atoms with Gasteiger partial charge >= 0.3 is 5.97 Å². The highest BCUT2D eigenvalue weighted by Gasteiger charge is 2.08. The number of aliphatic hydroxyl groups is 1. The zero-order chi connectivity index (χ0) is 13.7. The molecule has 0 saturated heterocycles. The SMILES string of the molecule is O=C(O)c1ccc(CNCc2cccc(CO)c2)o1. The highest BCUT2D eigenvalue weighted by atomic mass is 16.4. The third kappa shape index (κ3) is 3.67. The number of benzene rings is 1. The molecule has 0 bridgehead atoms. The largest absolute Gasteiger partial charge is 0.475 e. The van der Waals surface area contributed by atoms with E-state index in [0.29, 0.717) is 18.8 Å². The summed E-state index contributed by atoms with van der Waals surface area (Å²) in [5.41, 5.74) is 1.92. The normalized spacial score (nSPS) is 10.6. The number of rotatable bonds is 6. The van der Waals surface area contributed by atoms with Gasteiger partial charge in [0.15, 0.2) is 0 Å². The molecule has 19 heavy (non-hydrogen) atoms. The molecule has 0 fully saturated rings. The van der Waals surface area contributed by atoms with E-state index in [1.165, 1.54) is 6.07 Å². The van der Waals surface area contributed by atoms with Gasteiger partial charge in [-0.15, -0.1) is 0 Å². The maximum absolute atomic E-state index is 10.6. The Labute approximate surface area is 110 Å². The van der Waals surface area contributed by atoms with Crippen LogP contribution in [0.25, 0.3) is 0 Å². The van der Waals surface area contributed by atoms with Crippen LogP contribution in [-0.4, -0.2) is 16.2 Å². The van der Waals surface area contributed by atoms with Crippen molar-refractivity contribution < 1.29 is 19.4 Å². The lowest BCUT2D eigenvalue weighted by molar-refractivity contribution is 0.0660. The van der Waals surface area contributed by atoms with Gasteiger partial charge in [-0.3, -0.25) is 0 Å². The lowest BCUT2D eigenvalue weighted by Crippen LogP contribution is -2.12. The fraction of sp³-hybridized carbons (Fsp3) is 0.214. The first-order valence-corrected chi connectivity index (χ1v) is 5.90. The van der Waals surface area contributed by atoms with Crippen LogP contribution >= 0.6 is 0 Å². The number of hydrogen-bond acceptors (Lipinski definition) is 4. The van der Waals surface area contributed by atoms with Crippen molar-refractivity contribution in [2.45, 2.75) is 19.7 Å². The predicted octanol–water partition coefficient (Wildman–Crippen LogP) is 1.76. The van der Waals surface area contributed by atoms with Gasteiger partial charge in [0, 0.05) is 6.54 Å². The molecule has 5 nitrogen and oxygen atoms in total. The Bertz CT molecular complexity index is 562. The molecule has 1 aromatic heterocycles. The third-order valence-corrected chi connectivity index (χ3v) is 2.67. The van der Waals surface area contributed by atoms with Gasteiger partial charge in [0.2, 0.25) is 5.76 Å². The Morgan fingerprint density at radius 3 is 2.63 bits per heavy atom. The van der Waals surface area contributed by atoms with E-state index in [-0.39, 0.29) is 12.4 Å². The molecule has 0 aliphatic carbocycles. The van der Waals surface area contributed by atoms with Gasteiger partial charge in [0.1, 0.15) is 5.76 Å². The molecule has 0 radical (unpaired) electrons. The van der Waals surface area contributed by atoms with Gasteiger partial charge in [-0.25, -0.2) is 4.79 Å². The van der Waals surface area contributed by atoms with Crippen molar-refractivity contribution in [2.24, 2.45) is 0 Å². The van der Waals surface area contributed by atoms with Crippen LogP contribution in [0.15, 0.2) is 40.8 Å². The first kappa shape index (κ1) is 13.3. The summed E-state index contributed by atoms with van der Waals surface area (Å²) in [6.07, 6.45) is 0. The van der Waals surface area contributed by atoms with Crippen LogP contribution < -0.4 is 5.32 Å². The molecule has 2 aromatic rings. The Morgan fingerprint density at radius 1 is 1.16 bits per heavy atom. The number of hydrogen-bond donors (Lipinski definition) is 3. The second-order valence-electron chi connectivity index (χ2n) is 4.15. The molecule has 0 unspecified atom stereocenters. The zero-order valence-electron chi connectivity index (χ0n) is 10.3. The Balaban J connectivity index is 1.86. The van der Waals surface area contributed by atoms with E-state index in [1.807, 2.05) is 24.3 Å². The number of aliphatic hydroxyl groups excluding tert-OH is 1. The van der Waals surface area contributed by atoms with E-state index in [9.17, 15) is 4.79 Å². The van der Waals surface area contributed by atoms with Crippen LogP contribution in [0.5, 0.6) is 0 Å². The molecule has 100 valence electrons. The monoisotopic (exact) mass is 261 g/mol. The highest BCUT2D eigenvalue weighted by Crippen LogP contribution is 2.09. The van der Waals surface area contributed by atoms with Crippen molar-refractivity contribution in [1.82, 2.24) is 5.32 Å². The van der Waals surface area contributed by atoms with Crippen LogP contribution in [0.4, 0.5) is 0 Å². The fourth-order valence-corrected chi connectivity index (χ4v) is 1.76. The van der Waals surface area contributed by atoms with Crippen LogP contribution in [0.2, 0.25) is 0 Å². The summed E-state index contributed by atoms with van der Waals surface area (Å²) in [7, 11) is 0. The Morgan fingerprint density at radius 2 is 1.95 bits per heavy atom. The van der Waals surface area contributed by atoms with E-state index in [2.05, 4.69) is 5.32 Å². The van der Waals surface area contributed by atoms with Crippen molar-refractivity contribution in [3.05, 3.63) is 59.0 Å². The molecule has 0 atom stereocenters. The number of carboxylic acids is 1. The summed E-state index contributed by atoms with van der Waals surface area (Å²) in [6.45, 7) is 1.10. The molecular weight excluding hydrogens is 246 g/mol. The van der Waals surface area contributed by atoms with Crippen LogP contribution in [0, 0.1) is 0 Å². The average Bonchev–Trinajstić information content (AvgIpc) is 2.88. The van der Waals surface area contributed by atoms with Crippen LogP contribution in [0.3, 0.4) is 0 Å². The van der Waals surface area contributed by atoms with E-state index < -0.39 is 5.97 Å². The Hall–Kier alpha value is -2.11. The molecule has 0 aliphatic rings. The lowest BCUT2D eigenvalue weighted by atomic mass is 10.1. The van der Waals surface area contributed by atoms with Gasteiger partial charge in [0.05, 0.1) is 13.2 Å². The quantitative estimate of drug-likeness (QED) is 0.738. The average molecular weight is 261 g/mol. The second-order valence-corrected chi connectivity index (χ2v) is 4.15. The molecular formula is C14H15NO4. The maximum atomic E-state index is 10.6. The molecule has 0 saturated carbocycles. The van der Waals surface area contributed by atoms with Crippen LogP contribution in [-0.2, 0) is 19.7 Å². The van der Waals surface area contributed by atoms with Gasteiger partial charge in [-0.1, -0.05) is 24.3 Å². The minimum atomic E-state index is -1.07. The van der Waals surface area contributed by atoms with Gasteiger partial charge < -0.3 is 19.9 Å². The van der Waals surface area contributed by atoms with Crippen molar-refractivity contribution in [3.8, 4) is 0 Å². The number of carbonyl (C=O) groups is 1. The van der Waals surface area contributed by atoms with Gasteiger partial charge in [-0.2, -0.15) is 0 Å². The first-order valence-electron chi connectivity index (χ1n) is 5.90. The fourth-order valence-electron chi connectivity index (χ4n) is 1.76. The minimum absolute atomic E-state index is 0.0218. The van der Waals surface area contributed by atoms with Crippen molar-refractivity contribution >= 4 is 5.97 Å². The second kappa shape index (κ2) is 6.17. The highest BCUT2D eigenvalue weighted by molar-refractivity contribution is 5.84. The lowest BCUT2D eigenvalue weighted by Gasteiger charge is -2.04. The maximum Gasteiger partial charge on any atom is 0.371 e. The summed E-state index contributed by atoms with van der Waals surface area (Å²) in [6, 6.07) is 10.7. The predicted molar refractivity (Wildman–Crippen MR) is 68.6 cm³/mol. The number of aromatic carboxylic acids is 1. The number of nitrogens with one attached hydrogen (secondary N) is 1. The summed E-state index contributed by atoms with van der Waals surface area (Å²) >= 11 is 0. The van der Waals surface area contributed by atoms with Crippen molar-refractivity contribution in [1.29, 1.82) is 0 Å². The topological polar surface area (TPSA) is 82.7 Å². The molecule has 5 heteroatoms. The van der Waals surface area contributed by atoms with Gasteiger partial charge in [-0.05, 0) is 23.3 Å². The third-order valence-electron chi connectivity index (χ3n) is 2.67. The molecule has 0 spiro atoms. The van der Waals surface area contributed by atoms with E-state index >= 15 is 0 Å². The summed E-state index contributed by atoms with van der Waals surface area (Å²) in [5, 5.41) is 20.9.